The normalized spacial score (nSPS) is 15.3. The van der Waals surface area contributed by atoms with E-state index in [1.165, 1.54) is 6.92 Å². The molecule has 8 heteroatoms. The summed E-state index contributed by atoms with van der Waals surface area (Å²) in [6.07, 6.45) is 0. The second kappa shape index (κ2) is 4.92. The molecule has 0 spiro atoms. The number of nitrogens with zero attached hydrogens (tertiary/aromatic N) is 2. The van der Waals surface area contributed by atoms with Crippen molar-refractivity contribution in [3.05, 3.63) is 23.4 Å². The summed E-state index contributed by atoms with van der Waals surface area (Å²) in [5, 5.41) is 12.8. The molecule has 0 unspecified atom stereocenters. The Morgan fingerprint density at radius 2 is 2.04 bits per heavy atom. The maximum Gasteiger partial charge on any atom is 0.234 e. The number of hydrogen-bond acceptors (Lipinski definition) is 4. The fourth-order valence-electron chi connectivity index (χ4n) is 3.12. The molecule has 1 aromatic carbocycles. The molecule has 128 valence electrons. The van der Waals surface area contributed by atoms with Gasteiger partial charge in [0.15, 0.2) is 11.5 Å². The molecule has 0 bridgehead atoms. The molecule has 1 aliphatic heterocycles. The summed E-state index contributed by atoms with van der Waals surface area (Å²) in [4.78, 5) is 31.3. The number of aromatic nitrogens is 4. The van der Waals surface area contributed by atoms with E-state index in [4.69, 9.17) is 0 Å². The summed E-state index contributed by atoms with van der Waals surface area (Å²) in [5.74, 6) is 0.354. The van der Waals surface area contributed by atoms with Gasteiger partial charge in [0.2, 0.25) is 11.8 Å². The van der Waals surface area contributed by atoms with Crippen LogP contribution in [0.15, 0.2) is 12.1 Å². The Labute approximate surface area is 143 Å². The molecule has 4 N–H and O–H groups in total. The van der Waals surface area contributed by atoms with E-state index in [1.807, 2.05) is 32.9 Å². The Kier molecular flexibility index (Phi) is 3.02. The van der Waals surface area contributed by atoms with E-state index in [-0.39, 0.29) is 11.8 Å². The smallest absolute Gasteiger partial charge is 0.234 e. The predicted octanol–water partition coefficient (Wildman–Crippen LogP) is 2.45. The highest BCUT2D eigenvalue weighted by Gasteiger charge is 2.38. The molecular weight excluding hydrogens is 320 g/mol. The van der Waals surface area contributed by atoms with Gasteiger partial charge in [0.05, 0.1) is 27.8 Å². The van der Waals surface area contributed by atoms with Crippen molar-refractivity contribution in [2.24, 2.45) is 0 Å². The van der Waals surface area contributed by atoms with Crippen LogP contribution in [0, 0.1) is 6.92 Å². The minimum atomic E-state index is -0.584. The molecule has 3 aromatic rings. The molecule has 0 fully saturated rings. The van der Waals surface area contributed by atoms with Gasteiger partial charge in [-0.05, 0) is 38.5 Å². The number of carbonyl (C=O) groups is 2. The highest BCUT2D eigenvalue weighted by atomic mass is 16.2. The van der Waals surface area contributed by atoms with Gasteiger partial charge in [0, 0.05) is 12.6 Å². The standard InChI is InChI=1S/C17H18N6O2/c1-7-13(18-8(2)24)14(23-22-7)15-19-11-5-9-10(6-12(11)20-15)21-16(25)17(9,3)4/h5-6H,1-4H3,(H,18,24)(H,19,20)(H,21,25)(H,22,23). The summed E-state index contributed by atoms with van der Waals surface area (Å²) in [5.41, 5.74) is 4.57. The van der Waals surface area contributed by atoms with Crippen LogP contribution in [0.4, 0.5) is 11.4 Å². The van der Waals surface area contributed by atoms with E-state index in [1.54, 1.807) is 0 Å². The average Bonchev–Trinajstić information content (AvgIpc) is 3.15. The van der Waals surface area contributed by atoms with Crippen molar-refractivity contribution in [2.45, 2.75) is 33.1 Å². The van der Waals surface area contributed by atoms with Crippen LogP contribution in [0.5, 0.6) is 0 Å². The highest BCUT2D eigenvalue weighted by Crippen LogP contribution is 2.40. The lowest BCUT2D eigenvalue weighted by atomic mass is 9.86. The third-order valence-electron chi connectivity index (χ3n) is 4.58. The molecule has 4 rings (SSSR count). The van der Waals surface area contributed by atoms with E-state index in [2.05, 4.69) is 30.8 Å². The first-order valence-corrected chi connectivity index (χ1v) is 7.96. The number of benzene rings is 1. The van der Waals surface area contributed by atoms with Gasteiger partial charge in [0.1, 0.15) is 0 Å². The van der Waals surface area contributed by atoms with E-state index in [0.29, 0.717) is 17.2 Å². The number of anilines is 2. The zero-order chi connectivity index (χ0) is 17.9. The van der Waals surface area contributed by atoms with Crippen LogP contribution in [-0.4, -0.2) is 32.0 Å². The molecule has 0 saturated heterocycles. The third kappa shape index (κ3) is 2.21. The Bertz CT molecular complexity index is 1040. The number of aryl methyl sites for hydroxylation is 1. The first kappa shape index (κ1) is 15.4. The van der Waals surface area contributed by atoms with Crippen LogP contribution in [0.25, 0.3) is 22.6 Å². The van der Waals surface area contributed by atoms with Gasteiger partial charge in [-0.2, -0.15) is 5.10 Å². The second-order valence-corrected chi connectivity index (χ2v) is 6.83. The first-order chi connectivity index (χ1) is 11.8. The van der Waals surface area contributed by atoms with Gasteiger partial charge < -0.3 is 15.6 Å². The molecule has 0 aliphatic carbocycles. The monoisotopic (exact) mass is 338 g/mol. The van der Waals surface area contributed by atoms with E-state index in [0.717, 1.165) is 28.0 Å². The van der Waals surface area contributed by atoms with Gasteiger partial charge >= 0.3 is 0 Å². The number of amides is 2. The highest BCUT2D eigenvalue weighted by molar-refractivity contribution is 6.07. The Balaban J connectivity index is 1.85. The SMILES string of the molecule is CC(=O)Nc1c(-c2nc3cc4c(cc3[nH]2)C(C)(C)C(=O)N4)n[nH]c1C. The summed E-state index contributed by atoms with van der Waals surface area (Å²) < 4.78 is 0. The minimum absolute atomic E-state index is 0.0220. The Morgan fingerprint density at radius 1 is 1.28 bits per heavy atom. The second-order valence-electron chi connectivity index (χ2n) is 6.83. The van der Waals surface area contributed by atoms with Crippen LogP contribution in [0.1, 0.15) is 32.0 Å². The molecule has 2 aromatic heterocycles. The molecule has 1 aliphatic rings. The summed E-state index contributed by atoms with van der Waals surface area (Å²) in [7, 11) is 0. The van der Waals surface area contributed by atoms with Gasteiger partial charge in [-0.3, -0.25) is 14.7 Å². The van der Waals surface area contributed by atoms with Gasteiger partial charge in [-0.25, -0.2) is 4.98 Å². The van der Waals surface area contributed by atoms with E-state index < -0.39 is 5.41 Å². The van der Waals surface area contributed by atoms with Gasteiger partial charge in [0.25, 0.3) is 0 Å². The number of fused-ring (bicyclic) bond motifs is 2. The van der Waals surface area contributed by atoms with Gasteiger partial charge in [-0.15, -0.1) is 0 Å². The average molecular weight is 338 g/mol. The number of rotatable bonds is 2. The number of aromatic amines is 2. The number of imidazole rings is 1. The van der Waals surface area contributed by atoms with Crippen molar-refractivity contribution in [1.29, 1.82) is 0 Å². The van der Waals surface area contributed by atoms with Crippen molar-refractivity contribution < 1.29 is 9.59 Å². The van der Waals surface area contributed by atoms with Crippen LogP contribution < -0.4 is 10.6 Å². The predicted molar refractivity (Wildman–Crippen MR) is 94.4 cm³/mol. The van der Waals surface area contributed by atoms with Crippen molar-refractivity contribution in [3.63, 3.8) is 0 Å². The summed E-state index contributed by atoms with van der Waals surface area (Å²) in [6.45, 7) is 7.06. The molecule has 0 radical (unpaired) electrons. The lowest BCUT2D eigenvalue weighted by Crippen LogP contribution is -2.26. The van der Waals surface area contributed by atoms with Crippen LogP contribution in [-0.2, 0) is 15.0 Å². The Hall–Kier alpha value is -3.16. The number of carbonyl (C=O) groups excluding carboxylic acids is 2. The van der Waals surface area contributed by atoms with Crippen molar-refractivity contribution in [2.75, 3.05) is 10.6 Å². The summed E-state index contributed by atoms with van der Waals surface area (Å²) >= 11 is 0. The largest absolute Gasteiger partial charge is 0.337 e. The lowest BCUT2D eigenvalue weighted by molar-refractivity contribution is -0.119. The van der Waals surface area contributed by atoms with Gasteiger partial charge in [-0.1, -0.05) is 0 Å². The van der Waals surface area contributed by atoms with Crippen LogP contribution >= 0.6 is 0 Å². The fraction of sp³-hybridized carbons (Fsp3) is 0.294. The molecule has 0 saturated carbocycles. The molecule has 0 atom stereocenters. The molecule has 8 nitrogen and oxygen atoms in total. The minimum Gasteiger partial charge on any atom is -0.337 e. The van der Waals surface area contributed by atoms with E-state index in [9.17, 15) is 9.59 Å². The first-order valence-electron chi connectivity index (χ1n) is 7.96. The summed E-state index contributed by atoms with van der Waals surface area (Å²) in [6, 6.07) is 3.80. The molecule has 3 heterocycles. The molecule has 25 heavy (non-hydrogen) atoms. The lowest BCUT2D eigenvalue weighted by Gasteiger charge is -2.14. The quantitative estimate of drug-likeness (QED) is 0.574. The number of hydrogen-bond donors (Lipinski definition) is 4. The maximum absolute atomic E-state index is 12.1. The molecular formula is C17H18N6O2. The topological polar surface area (TPSA) is 116 Å². The third-order valence-corrected chi connectivity index (χ3v) is 4.58. The number of nitrogens with one attached hydrogen (secondary N) is 4. The van der Waals surface area contributed by atoms with Crippen molar-refractivity contribution in [1.82, 2.24) is 20.2 Å². The maximum atomic E-state index is 12.1. The van der Waals surface area contributed by atoms with E-state index >= 15 is 0 Å². The van der Waals surface area contributed by atoms with Crippen LogP contribution in [0.2, 0.25) is 0 Å². The molecule has 2 amide bonds. The van der Waals surface area contributed by atoms with Crippen LogP contribution in [0.3, 0.4) is 0 Å². The fourth-order valence-corrected chi connectivity index (χ4v) is 3.12. The zero-order valence-electron chi connectivity index (χ0n) is 14.4. The Morgan fingerprint density at radius 3 is 2.76 bits per heavy atom. The number of H-pyrrole nitrogens is 2. The van der Waals surface area contributed by atoms with Crippen molar-refractivity contribution >= 4 is 34.2 Å². The van der Waals surface area contributed by atoms with Crippen molar-refractivity contribution in [3.8, 4) is 11.5 Å². The zero-order valence-corrected chi connectivity index (χ0v) is 14.4.